The number of nitrogens with one attached hydrogen (secondary N) is 1. The number of carbonyl (C=O) groups is 1. The van der Waals surface area contributed by atoms with Crippen molar-refractivity contribution in [1.29, 1.82) is 0 Å². The first-order chi connectivity index (χ1) is 10.9. The zero-order valence-electron chi connectivity index (χ0n) is 12.2. The predicted octanol–water partition coefficient (Wildman–Crippen LogP) is 3.77. The van der Waals surface area contributed by atoms with Gasteiger partial charge < -0.3 is 15.5 Å². The molecule has 0 aromatic heterocycles. The molecule has 0 bridgehead atoms. The lowest BCUT2D eigenvalue weighted by atomic mass is 10.2. The Labute approximate surface area is 143 Å². The largest absolute Gasteiger partial charge is 0.506 e. The van der Waals surface area contributed by atoms with Crippen LogP contribution in [-0.4, -0.2) is 28.9 Å². The van der Waals surface area contributed by atoms with Crippen LogP contribution in [0.15, 0.2) is 35.3 Å². The number of aryl methyl sites for hydroxylation is 1. The number of anilines is 1. The van der Waals surface area contributed by atoms with Crippen molar-refractivity contribution >= 4 is 41.0 Å². The Bertz CT molecular complexity index is 776. The number of aromatic hydroxyl groups is 2. The van der Waals surface area contributed by atoms with Crippen molar-refractivity contribution in [3.05, 3.63) is 51.5 Å². The van der Waals surface area contributed by atoms with Gasteiger partial charge in [-0.1, -0.05) is 29.3 Å². The Morgan fingerprint density at radius 3 is 2.70 bits per heavy atom. The Hall–Kier alpha value is -2.24. The average Bonchev–Trinajstić information content (AvgIpc) is 2.47. The van der Waals surface area contributed by atoms with Gasteiger partial charge in [-0.3, -0.25) is 9.79 Å². The van der Waals surface area contributed by atoms with E-state index in [1.54, 1.807) is 18.2 Å². The topological polar surface area (TPSA) is 81.9 Å². The standard InChI is InChI=1S/C16H14Cl2N2O3/c1-9-2-3-13(14(21)4-9)20-15(22)8-19-7-10-5-11(17)6-12(18)16(10)23/h2-7,21,23H,8H2,1H3,(H,20,22). The molecular formula is C16H14Cl2N2O3. The van der Waals surface area contributed by atoms with Gasteiger partial charge in [-0.25, -0.2) is 0 Å². The lowest BCUT2D eigenvalue weighted by Gasteiger charge is -2.06. The lowest BCUT2D eigenvalue weighted by molar-refractivity contribution is -0.114. The number of phenolic OH excluding ortho intramolecular Hbond substituents is 2. The summed E-state index contributed by atoms with van der Waals surface area (Å²) >= 11 is 11.6. The first kappa shape index (κ1) is 17.1. The SMILES string of the molecule is Cc1ccc(NC(=O)CN=Cc2cc(Cl)cc(Cl)c2O)c(O)c1. The molecule has 23 heavy (non-hydrogen) atoms. The molecule has 2 aromatic rings. The normalized spacial score (nSPS) is 10.9. The second-order valence-electron chi connectivity index (χ2n) is 4.86. The van der Waals surface area contributed by atoms with Crippen LogP contribution < -0.4 is 5.32 Å². The first-order valence-corrected chi connectivity index (χ1v) is 7.39. The van der Waals surface area contributed by atoms with Crippen LogP contribution in [0.1, 0.15) is 11.1 Å². The van der Waals surface area contributed by atoms with E-state index in [4.69, 9.17) is 23.2 Å². The minimum atomic E-state index is -0.409. The van der Waals surface area contributed by atoms with E-state index in [9.17, 15) is 15.0 Å². The fraction of sp³-hybridized carbons (Fsp3) is 0.125. The van der Waals surface area contributed by atoms with Gasteiger partial charge in [0.05, 0.1) is 10.7 Å². The van der Waals surface area contributed by atoms with E-state index in [0.29, 0.717) is 16.3 Å². The summed E-state index contributed by atoms with van der Waals surface area (Å²) in [7, 11) is 0. The average molecular weight is 353 g/mol. The molecule has 5 nitrogen and oxygen atoms in total. The number of nitrogens with zero attached hydrogens (tertiary/aromatic N) is 1. The van der Waals surface area contributed by atoms with Crippen LogP contribution in [0, 0.1) is 6.92 Å². The first-order valence-electron chi connectivity index (χ1n) is 6.64. The van der Waals surface area contributed by atoms with Gasteiger partial charge in [0.25, 0.3) is 0 Å². The Balaban J connectivity index is 2.02. The number of hydrogen-bond acceptors (Lipinski definition) is 4. The van der Waals surface area contributed by atoms with Gasteiger partial charge in [0, 0.05) is 16.8 Å². The van der Waals surface area contributed by atoms with Gasteiger partial charge >= 0.3 is 0 Å². The molecule has 7 heteroatoms. The van der Waals surface area contributed by atoms with Crippen molar-refractivity contribution < 1.29 is 15.0 Å². The second kappa shape index (κ2) is 7.35. The summed E-state index contributed by atoms with van der Waals surface area (Å²) in [6.45, 7) is 1.65. The number of halogens is 2. The van der Waals surface area contributed by atoms with Crippen LogP contribution >= 0.6 is 23.2 Å². The van der Waals surface area contributed by atoms with Crippen molar-refractivity contribution in [3.8, 4) is 11.5 Å². The van der Waals surface area contributed by atoms with Crippen molar-refractivity contribution in [1.82, 2.24) is 0 Å². The van der Waals surface area contributed by atoms with E-state index in [1.807, 2.05) is 6.92 Å². The number of phenols is 2. The summed E-state index contributed by atoms with van der Waals surface area (Å²) in [5.74, 6) is -0.578. The zero-order chi connectivity index (χ0) is 17.0. The number of hydrogen-bond donors (Lipinski definition) is 3. The van der Waals surface area contributed by atoms with Crippen LogP contribution in [0.5, 0.6) is 11.5 Å². The molecule has 0 saturated carbocycles. The molecule has 0 fully saturated rings. The number of aliphatic imine (C=N–C) groups is 1. The van der Waals surface area contributed by atoms with Crippen LogP contribution in [0.2, 0.25) is 10.0 Å². The maximum atomic E-state index is 11.8. The predicted molar refractivity (Wildman–Crippen MR) is 92.1 cm³/mol. The molecule has 3 N–H and O–H groups in total. The highest BCUT2D eigenvalue weighted by atomic mass is 35.5. The highest BCUT2D eigenvalue weighted by Crippen LogP contribution is 2.30. The van der Waals surface area contributed by atoms with Crippen LogP contribution in [0.25, 0.3) is 0 Å². The summed E-state index contributed by atoms with van der Waals surface area (Å²) in [6, 6.07) is 7.81. The third kappa shape index (κ3) is 4.61. The smallest absolute Gasteiger partial charge is 0.246 e. The van der Waals surface area contributed by atoms with Crippen molar-refractivity contribution in [2.24, 2.45) is 4.99 Å². The maximum Gasteiger partial charge on any atom is 0.246 e. The molecule has 0 heterocycles. The van der Waals surface area contributed by atoms with Crippen molar-refractivity contribution in [3.63, 3.8) is 0 Å². The summed E-state index contributed by atoms with van der Waals surface area (Å²) in [5.41, 5.74) is 1.50. The summed E-state index contributed by atoms with van der Waals surface area (Å²) in [4.78, 5) is 15.7. The monoisotopic (exact) mass is 352 g/mol. The Morgan fingerprint density at radius 2 is 2.00 bits per heavy atom. The quantitative estimate of drug-likeness (QED) is 0.578. The highest BCUT2D eigenvalue weighted by molar-refractivity contribution is 6.36. The number of benzene rings is 2. The summed E-state index contributed by atoms with van der Waals surface area (Å²) in [6.07, 6.45) is 1.31. The number of amides is 1. The van der Waals surface area contributed by atoms with Gasteiger partial charge in [0.1, 0.15) is 18.0 Å². The number of carbonyl (C=O) groups excluding carboxylic acids is 1. The van der Waals surface area contributed by atoms with E-state index in [2.05, 4.69) is 10.3 Å². The minimum absolute atomic E-state index is 0.0124. The molecule has 0 saturated heterocycles. The molecule has 0 atom stereocenters. The van der Waals surface area contributed by atoms with E-state index in [0.717, 1.165) is 5.56 Å². The molecule has 120 valence electrons. The number of rotatable bonds is 4. The van der Waals surface area contributed by atoms with E-state index >= 15 is 0 Å². The molecule has 0 unspecified atom stereocenters. The minimum Gasteiger partial charge on any atom is -0.506 e. The van der Waals surface area contributed by atoms with Crippen LogP contribution in [-0.2, 0) is 4.79 Å². The van der Waals surface area contributed by atoms with Gasteiger partial charge in [-0.2, -0.15) is 0 Å². The molecule has 2 aromatic carbocycles. The third-order valence-corrected chi connectivity index (χ3v) is 3.46. The molecular weight excluding hydrogens is 339 g/mol. The summed E-state index contributed by atoms with van der Waals surface area (Å²) < 4.78 is 0. The summed E-state index contributed by atoms with van der Waals surface area (Å²) in [5, 5.41) is 22.5. The zero-order valence-corrected chi connectivity index (χ0v) is 13.7. The highest BCUT2D eigenvalue weighted by Gasteiger charge is 2.07. The van der Waals surface area contributed by atoms with Gasteiger partial charge in [0.2, 0.25) is 5.91 Å². The van der Waals surface area contributed by atoms with E-state index in [-0.39, 0.29) is 23.1 Å². The fourth-order valence-corrected chi connectivity index (χ4v) is 2.36. The van der Waals surface area contributed by atoms with Crippen LogP contribution in [0.3, 0.4) is 0 Å². The second-order valence-corrected chi connectivity index (χ2v) is 5.71. The Morgan fingerprint density at radius 1 is 1.26 bits per heavy atom. The molecule has 0 aliphatic heterocycles. The van der Waals surface area contributed by atoms with Crippen LogP contribution in [0.4, 0.5) is 5.69 Å². The molecule has 0 radical (unpaired) electrons. The third-order valence-electron chi connectivity index (χ3n) is 2.95. The van der Waals surface area contributed by atoms with E-state index < -0.39 is 5.91 Å². The maximum absolute atomic E-state index is 11.8. The van der Waals surface area contributed by atoms with Crippen molar-refractivity contribution in [2.75, 3.05) is 11.9 Å². The van der Waals surface area contributed by atoms with E-state index in [1.165, 1.54) is 18.3 Å². The Kier molecular flexibility index (Phi) is 5.47. The van der Waals surface area contributed by atoms with Crippen molar-refractivity contribution in [2.45, 2.75) is 6.92 Å². The molecule has 1 amide bonds. The molecule has 0 spiro atoms. The molecule has 2 rings (SSSR count). The fourth-order valence-electron chi connectivity index (χ4n) is 1.85. The van der Waals surface area contributed by atoms with Gasteiger partial charge in [-0.05, 0) is 36.8 Å². The molecule has 0 aliphatic rings. The molecule has 0 aliphatic carbocycles. The van der Waals surface area contributed by atoms with Gasteiger partial charge in [0.15, 0.2) is 0 Å². The lowest BCUT2D eigenvalue weighted by Crippen LogP contribution is -2.15. The van der Waals surface area contributed by atoms with Gasteiger partial charge in [-0.15, -0.1) is 0 Å².